The van der Waals surface area contributed by atoms with Crippen molar-refractivity contribution in [1.82, 2.24) is 19.1 Å². The molecule has 12 rings (SSSR count). The number of benzene rings is 6. The number of methoxy groups -OCH3 is 1. The summed E-state index contributed by atoms with van der Waals surface area (Å²) in [6.07, 6.45) is 9.46. The van der Waals surface area contributed by atoms with Crippen LogP contribution in [0, 0.1) is 0 Å². The van der Waals surface area contributed by atoms with Gasteiger partial charge < -0.3 is 19.0 Å². The Labute approximate surface area is 413 Å². The fourth-order valence-corrected chi connectivity index (χ4v) is 9.87. The van der Waals surface area contributed by atoms with Crippen molar-refractivity contribution in [1.29, 1.82) is 0 Å². The molecule has 0 spiro atoms. The summed E-state index contributed by atoms with van der Waals surface area (Å²) in [4.78, 5) is 33.8. The van der Waals surface area contributed by atoms with Gasteiger partial charge in [0, 0.05) is 71.5 Å². The lowest BCUT2D eigenvalue weighted by molar-refractivity contribution is 0.0598. The van der Waals surface area contributed by atoms with E-state index in [4.69, 9.17) is 9.72 Å². The first kappa shape index (κ1) is 45.1. The second-order valence-electron chi connectivity index (χ2n) is 18.9. The smallest absolute Gasteiger partial charge is 0.339 e. The molecule has 71 heavy (non-hydrogen) atoms. The van der Waals surface area contributed by atoms with Gasteiger partial charge in [0.25, 0.3) is 0 Å². The van der Waals surface area contributed by atoms with Crippen molar-refractivity contribution < 1.29 is 19.4 Å². The van der Waals surface area contributed by atoms with Crippen molar-refractivity contribution in [2.45, 2.75) is 63.5 Å². The number of nitrogens with zero attached hydrogens (tertiary/aromatic N) is 4. The van der Waals surface area contributed by atoms with E-state index in [1.807, 2.05) is 42.7 Å². The molecule has 4 aromatic heterocycles. The average molecular weight is 931 g/mol. The van der Waals surface area contributed by atoms with Crippen LogP contribution in [0.15, 0.2) is 194 Å². The highest BCUT2D eigenvalue weighted by atomic mass is 16.5. The number of pyridine rings is 2. The van der Waals surface area contributed by atoms with Crippen LogP contribution in [0.1, 0.15) is 103 Å². The first-order chi connectivity index (χ1) is 34.8. The van der Waals surface area contributed by atoms with E-state index >= 15 is 0 Å². The van der Waals surface area contributed by atoms with Gasteiger partial charge in [-0.3, -0.25) is 9.97 Å². The molecule has 2 fully saturated rings. The van der Waals surface area contributed by atoms with Gasteiger partial charge in [-0.15, -0.1) is 0 Å². The summed E-state index contributed by atoms with van der Waals surface area (Å²) in [5, 5.41) is 12.1. The molecule has 2 aliphatic carbocycles. The van der Waals surface area contributed by atoms with Gasteiger partial charge in [0.15, 0.2) is 0 Å². The van der Waals surface area contributed by atoms with Crippen LogP contribution < -0.4 is 0 Å². The van der Waals surface area contributed by atoms with Crippen molar-refractivity contribution in [3.8, 4) is 22.5 Å². The number of carbonyl (C=O) groups excluding carboxylic acids is 1. The van der Waals surface area contributed by atoms with Gasteiger partial charge in [-0.25, -0.2) is 9.59 Å². The van der Waals surface area contributed by atoms with E-state index in [0.29, 0.717) is 41.5 Å². The maximum absolute atomic E-state index is 12.5. The summed E-state index contributed by atoms with van der Waals surface area (Å²) in [5.74, 6) is -0.211. The number of aromatic carboxylic acids is 1. The highest BCUT2D eigenvalue weighted by Gasteiger charge is 2.27. The van der Waals surface area contributed by atoms with Gasteiger partial charge in [0.05, 0.1) is 29.6 Å². The predicted molar refractivity (Wildman–Crippen MR) is 282 cm³/mol. The Morgan fingerprint density at radius 3 is 1.32 bits per heavy atom. The molecule has 2 saturated carbocycles. The lowest BCUT2D eigenvalue weighted by atomic mass is 10.0. The number of hydrogen-bond donors (Lipinski definition) is 1. The van der Waals surface area contributed by atoms with Gasteiger partial charge in [0.2, 0.25) is 0 Å². The number of fused-ring (bicyclic) bond motifs is 2. The molecule has 0 unspecified atom stereocenters. The van der Waals surface area contributed by atoms with Gasteiger partial charge in [-0.2, -0.15) is 0 Å². The maximum atomic E-state index is 12.5. The number of ether oxygens (including phenoxy) is 1. The Kier molecular flexibility index (Phi) is 12.7. The van der Waals surface area contributed by atoms with Crippen LogP contribution >= 0.6 is 0 Å². The third-order valence-electron chi connectivity index (χ3n) is 13.9. The van der Waals surface area contributed by atoms with Gasteiger partial charge in [-0.05, 0) is 131 Å². The summed E-state index contributed by atoms with van der Waals surface area (Å²) in [6.45, 7) is 1.58. The summed E-state index contributed by atoms with van der Waals surface area (Å²) in [7, 11) is 1.43. The van der Waals surface area contributed by atoms with Gasteiger partial charge in [0.1, 0.15) is 0 Å². The van der Waals surface area contributed by atoms with Crippen LogP contribution in [-0.4, -0.2) is 43.3 Å². The largest absolute Gasteiger partial charge is 0.478 e. The number of aromatic nitrogens is 4. The Morgan fingerprint density at radius 2 is 0.915 bits per heavy atom. The topological polar surface area (TPSA) is 99.2 Å². The minimum Gasteiger partial charge on any atom is -0.478 e. The van der Waals surface area contributed by atoms with Crippen LogP contribution in [0.25, 0.3) is 44.3 Å². The van der Waals surface area contributed by atoms with E-state index in [1.54, 1.807) is 0 Å². The normalized spacial score (nSPS) is 13.2. The molecule has 0 aliphatic heterocycles. The SMILES string of the molecule is COC(=O)c1cc(C2CC2)cnc1Cc1ccc2c(c1)cc(-c1ccccc1)n2Cc1ccccc1.O=C(O)c1cc(C2CC2)cnc1Cc1ccc2c(c1)cc(-c1ccccc1)n2Cc1ccccc1. The van der Waals surface area contributed by atoms with Crippen LogP contribution in [0.5, 0.6) is 0 Å². The number of hydrogen-bond acceptors (Lipinski definition) is 5. The minimum atomic E-state index is -0.906. The van der Waals surface area contributed by atoms with E-state index < -0.39 is 5.97 Å². The Hall–Kier alpha value is -8.36. The summed E-state index contributed by atoms with van der Waals surface area (Å²) >= 11 is 0. The Bertz CT molecular complexity index is 3520. The monoisotopic (exact) mass is 930 g/mol. The molecule has 4 heterocycles. The molecular weight excluding hydrogens is 877 g/mol. The third-order valence-corrected chi connectivity index (χ3v) is 13.9. The van der Waals surface area contributed by atoms with Crippen molar-refractivity contribution in [3.05, 3.63) is 250 Å². The lowest BCUT2D eigenvalue weighted by Gasteiger charge is -2.12. The van der Waals surface area contributed by atoms with Gasteiger partial charge in [-0.1, -0.05) is 133 Å². The molecule has 8 nitrogen and oxygen atoms in total. The van der Waals surface area contributed by atoms with E-state index in [2.05, 4.69) is 166 Å². The molecule has 0 saturated heterocycles. The molecule has 2 aliphatic rings. The number of rotatable bonds is 14. The zero-order chi connectivity index (χ0) is 48.3. The number of carbonyl (C=O) groups is 2. The van der Waals surface area contributed by atoms with E-state index in [-0.39, 0.29) is 5.97 Å². The molecule has 6 aromatic carbocycles. The van der Waals surface area contributed by atoms with Crippen LogP contribution in [0.4, 0.5) is 0 Å². The molecule has 0 bridgehead atoms. The van der Waals surface area contributed by atoms with Crippen LogP contribution in [0.3, 0.4) is 0 Å². The highest BCUT2D eigenvalue weighted by Crippen LogP contribution is 2.41. The molecule has 1 N–H and O–H groups in total. The fraction of sp³-hybridized carbons (Fsp3) is 0.175. The van der Waals surface area contributed by atoms with E-state index in [1.165, 1.54) is 64.5 Å². The van der Waals surface area contributed by atoms with Crippen molar-refractivity contribution >= 4 is 33.7 Å². The van der Waals surface area contributed by atoms with Crippen LogP contribution in [0.2, 0.25) is 0 Å². The first-order valence-corrected chi connectivity index (χ1v) is 24.6. The zero-order valence-electron chi connectivity index (χ0n) is 39.7. The molecule has 0 atom stereocenters. The second kappa shape index (κ2) is 19.9. The molecule has 10 aromatic rings. The first-order valence-electron chi connectivity index (χ1n) is 24.6. The van der Waals surface area contributed by atoms with Crippen molar-refractivity contribution in [3.63, 3.8) is 0 Å². The average Bonchev–Trinajstić information content (AvgIpc) is 4.37. The standard InChI is InChI=1S/C32H28N2O2.C31H26N2O2/c1-36-32(35)28-18-27(24-13-14-24)20-33-29(28)17-23-12-15-30-26(16-23)19-31(25-10-6-3-7-11-25)34(30)21-22-8-4-2-5-9-22;34-31(35)27-17-26(23-12-13-23)19-32-28(27)16-22-11-14-29-25(15-22)18-30(24-9-5-2-6-10-24)33(29)20-21-7-3-1-4-8-21/h2-12,15-16,18-20,24H,13-14,17,21H2,1H3;1-11,14-15,17-19,23H,12-13,16,20H2,(H,34,35). The molecule has 8 heteroatoms. The quantitative estimate of drug-likeness (QED) is 0.109. The van der Waals surface area contributed by atoms with Crippen LogP contribution in [-0.2, 0) is 30.7 Å². The zero-order valence-corrected chi connectivity index (χ0v) is 39.7. The second-order valence-corrected chi connectivity index (χ2v) is 18.9. The summed E-state index contributed by atoms with van der Waals surface area (Å²) < 4.78 is 9.82. The highest BCUT2D eigenvalue weighted by molar-refractivity contribution is 5.92. The molecule has 350 valence electrons. The number of carboxylic acid groups (broad SMARTS) is 1. The van der Waals surface area contributed by atoms with E-state index in [9.17, 15) is 14.7 Å². The van der Waals surface area contributed by atoms with Crippen molar-refractivity contribution in [2.75, 3.05) is 7.11 Å². The van der Waals surface area contributed by atoms with Crippen molar-refractivity contribution in [2.24, 2.45) is 0 Å². The summed E-state index contributed by atoms with van der Waals surface area (Å²) in [6, 6.07) is 63.3. The minimum absolute atomic E-state index is 0.318. The third kappa shape index (κ3) is 10.1. The Morgan fingerprint density at radius 1 is 0.507 bits per heavy atom. The number of esters is 1. The molecule has 0 radical (unpaired) electrons. The number of carboxylic acids is 1. The maximum Gasteiger partial charge on any atom is 0.339 e. The summed E-state index contributed by atoms with van der Waals surface area (Å²) in [5.41, 5.74) is 16.2. The lowest BCUT2D eigenvalue weighted by Crippen LogP contribution is -2.09. The van der Waals surface area contributed by atoms with E-state index in [0.717, 1.165) is 64.8 Å². The van der Waals surface area contributed by atoms with Gasteiger partial charge >= 0.3 is 11.9 Å². The fourth-order valence-electron chi connectivity index (χ4n) is 9.87. The predicted octanol–water partition coefficient (Wildman–Crippen LogP) is 13.9. The Balaban J connectivity index is 0.000000154. The molecular formula is C63H54N4O4. The molecule has 0 amide bonds.